The van der Waals surface area contributed by atoms with Gasteiger partial charge in [-0.3, -0.25) is 4.79 Å². The Bertz CT molecular complexity index is 722. The van der Waals surface area contributed by atoms with Gasteiger partial charge >= 0.3 is 0 Å². The minimum Gasteiger partial charge on any atom is -0.355 e. The van der Waals surface area contributed by atoms with Crippen LogP contribution >= 0.6 is 11.8 Å². The van der Waals surface area contributed by atoms with Gasteiger partial charge in [-0.25, -0.2) is 4.39 Å². The number of nitrogens with zero attached hydrogens (tertiary/aromatic N) is 1. The standard InChI is InChI=1S/C21H26FN3OS/c22-18-9-4-5-10-19(18)27-20(17-7-2-1-3-8-17)21(26)24-11-6-14-25-15-12-23-13-16-25/h1-5,7-10,20,23H,6,11-16H2,(H,24,26). The van der Waals surface area contributed by atoms with Gasteiger partial charge in [-0.1, -0.05) is 42.5 Å². The molecule has 2 aromatic rings. The highest BCUT2D eigenvalue weighted by atomic mass is 32.2. The van der Waals surface area contributed by atoms with Gasteiger partial charge in [0.2, 0.25) is 5.91 Å². The number of thioether (sulfide) groups is 1. The minimum absolute atomic E-state index is 0.0743. The monoisotopic (exact) mass is 387 g/mol. The predicted molar refractivity (Wildman–Crippen MR) is 108 cm³/mol. The molecule has 27 heavy (non-hydrogen) atoms. The van der Waals surface area contributed by atoms with Crippen molar-refractivity contribution in [2.45, 2.75) is 16.6 Å². The van der Waals surface area contributed by atoms with E-state index in [2.05, 4.69) is 15.5 Å². The van der Waals surface area contributed by atoms with E-state index in [0.717, 1.165) is 44.7 Å². The average molecular weight is 388 g/mol. The van der Waals surface area contributed by atoms with Crippen molar-refractivity contribution in [1.82, 2.24) is 15.5 Å². The van der Waals surface area contributed by atoms with Gasteiger partial charge in [-0.15, -0.1) is 11.8 Å². The van der Waals surface area contributed by atoms with E-state index >= 15 is 0 Å². The topological polar surface area (TPSA) is 44.4 Å². The van der Waals surface area contributed by atoms with Crippen LogP contribution in [0.25, 0.3) is 0 Å². The molecular formula is C21H26FN3OS. The lowest BCUT2D eigenvalue weighted by atomic mass is 10.1. The number of piperazine rings is 1. The van der Waals surface area contributed by atoms with E-state index in [0.29, 0.717) is 11.4 Å². The molecule has 0 radical (unpaired) electrons. The lowest BCUT2D eigenvalue weighted by molar-refractivity contribution is -0.120. The number of hydrogen-bond donors (Lipinski definition) is 2. The summed E-state index contributed by atoms with van der Waals surface area (Å²) in [4.78, 5) is 15.7. The summed E-state index contributed by atoms with van der Waals surface area (Å²) < 4.78 is 14.1. The van der Waals surface area contributed by atoms with Crippen LogP contribution in [0.1, 0.15) is 17.2 Å². The SMILES string of the molecule is O=C(NCCCN1CCNCC1)C(Sc1ccccc1F)c1ccccc1. The highest BCUT2D eigenvalue weighted by molar-refractivity contribution is 8.00. The second-order valence-corrected chi connectivity index (χ2v) is 7.72. The van der Waals surface area contributed by atoms with E-state index in [-0.39, 0.29) is 11.7 Å². The molecule has 0 aliphatic carbocycles. The highest BCUT2D eigenvalue weighted by Crippen LogP contribution is 2.36. The Morgan fingerprint density at radius 2 is 1.81 bits per heavy atom. The number of hydrogen-bond acceptors (Lipinski definition) is 4. The Morgan fingerprint density at radius 3 is 2.56 bits per heavy atom. The molecule has 0 bridgehead atoms. The summed E-state index contributed by atoms with van der Waals surface area (Å²) in [5.74, 6) is -0.371. The maximum absolute atomic E-state index is 14.1. The van der Waals surface area contributed by atoms with Gasteiger partial charge in [0, 0.05) is 37.6 Å². The first-order valence-corrected chi connectivity index (χ1v) is 10.3. The van der Waals surface area contributed by atoms with Crippen molar-refractivity contribution in [3.8, 4) is 0 Å². The number of halogens is 1. The van der Waals surface area contributed by atoms with Crippen LogP contribution in [-0.4, -0.2) is 50.1 Å². The first-order chi connectivity index (χ1) is 13.2. The van der Waals surface area contributed by atoms with Crippen LogP contribution in [0.5, 0.6) is 0 Å². The molecule has 1 heterocycles. The van der Waals surface area contributed by atoms with Gasteiger partial charge in [0.15, 0.2) is 0 Å². The first-order valence-electron chi connectivity index (χ1n) is 9.41. The number of rotatable bonds is 8. The van der Waals surface area contributed by atoms with Crippen LogP contribution in [0, 0.1) is 5.82 Å². The Hall–Kier alpha value is -1.89. The van der Waals surface area contributed by atoms with E-state index in [4.69, 9.17) is 0 Å². The van der Waals surface area contributed by atoms with Crippen molar-refractivity contribution in [3.05, 3.63) is 66.0 Å². The fraction of sp³-hybridized carbons (Fsp3) is 0.381. The zero-order valence-electron chi connectivity index (χ0n) is 15.4. The molecule has 0 spiro atoms. The third kappa shape index (κ3) is 6.06. The molecule has 0 saturated carbocycles. The Labute approximate surface area is 164 Å². The fourth-order valence-corrected chi connectivity index (χ4v) is 4.19. The molecule has 1 fully saturated rings. The fourth-order valence-electron chi connectivity index (χ4n) is 3.11. The molecule has 1 amide bonds. The molecule has 1 atom stereocenters. The molecule has 1 saturated heterocycles. The Kier molecular flexibility index (Phi) is 7.68. The maximum atomic E-state index is 14.1. The molecule has 4 nitrogen and oxygen atoms in total. The van der Waals surface area contributed by atoms with E-state index in [1.165, 1.54) is 17.8 Å². The van der Waals surface area contributed by atoms with Crippen molar-refractivity contribution in [3.63, 3.8) is 0 Å². The zero-order valence-corrected chi connectivity index (χ0v) is 16.2. The van der Waals surface area contributed by atoms with Crippen LogP contribution < -0.4 is 10.6 Å². The van der Waals surface area contributed by atoms with Gasteiger partial charge in [-0.05, 0) is 30.7 Å². The quantitative estimate of drug-likeness (QED) is 0.540. The number of nitrogens with one attached hydrogen (secondary N) is 2. The van der Waals surface area contributed by atoms with Gasteiger partial charge in [-0.2, -0.15) is 0 Å². The molecule has 2 N–H and O–H groups in total. The van der Waals surface area contributed by atoms with E-state index in [1.54, 1.807) is 18.2 Å². The lowest BCUT2D eigenvalue weighted by Gasteiger charge is -2.27. The van der Waals surface area contributed by atoms with Crippen molar-refractivity contribution in [1.29, 1.82) is 0 Å². The second kappa shape index (κ2) is 10.4. The number of carbonyl (C=O) groups excluding carboxylic acids is 1. The largest absolute Gasteiger partial charge is 0.355 e. The lowest BCUT2D eigenvalue weighted by Crippen LogP contribution is -2.44. The van der Waals surface area contributed by atoms with Gasteiger partial charge in [0.05, 0.1) is 0 Å². The molecule has 0 aromatic heterocycles. The van der Waals surface area contributed by atoms with Crippen LogP contribution in [0.15, 0.2) is 59.5 Å². The van der Waals surface area contributed by atoms with Crippen molar-refractivity contribution in [2.24, 2.45) is 0 Å². The molecule has 144 valence electrons. The van der Waals surface area contributed by atoms with Gasteiger partial charge < -0.3 is 15.5 Å². The number of amides is 1. The third-order valence-electron chi connectivity index (χ3n) is 4.58. The van der Waals surface area contributed by atoms with Gasteiger partial charge in [0.1, 0.15) is 11.1 Å². The molecule has 6 heteroatoms. The summed E-state index contributed by atoms with van der Waals surface area (Å²) in [6.07, 6.45) is 0.914. The van der Waals surface area contributed by atoms with E-state index < -0.39 is 5.25 Å². The predicted octanol–water partition coefficient (Wildman–Crippen LogP) is 3.07. The summed E-state index contributed by atoms with van der Waals surface area (Å²) in [6, 6.07) is 16.1. The van der Waals surface area contributed by atoms with Crippen molar-refractivity contribution >= 4 is 17.7 Å². The average Bonchev–Trinajstić information content (AvgIpc) is 2.72. The molecule has 2 aromatic carbocycles. The van der Waals surface area contributed by atoms with Crippen molar-refractivity contribution < 1.29 is 9.18 Å². The highest BCUT2D eigenvalue weighted by Gasteiger charge is 2.23. The van der Waals surface area contributed by atoms with E-state index in [1.807, 2.05) is 30.3 Å². The molecule has 3 rings (SSSR count). The summed E-state index contributed by atoms with van der Waals surface area (Å²) in [6.45, 7) is 5.79. The summed E-state index contributed by atoms with van der Waals surface area (Å²) in [7, 11) is 0. The van der Waals surface area contributed by atoms with Crippen LogP contribution in [0.2, 0.25) is 0 Å². The van der Waals surface area contributed by atoms with Gasteiger partial charge in [0.25, 0.3) is 0 Å². The summed E-state index contributed by atoms with van der Waals surface area (Å²) in [5, 5.41) is 5.91. The van der Waals surface area contributed by atoms with Crippen LogP contribution in [0.3, 0.4) is 0 Å². The minimum atomic E-state index is -0.470. The zero-order chi connectivity index (χ0) is 18.9. The number of carbonyl (C=O) groups is 1. The van der Waals surface area contributed by atoms with Crippen molar-refractivity contribution in [2.75, 3.05) is 39.3 Å². The normalized spacial score (nSPS) is 16.0. The summed E-state index contributed by atoms with van der Waals surface area (Å²) >= 11 is 1.26. The number of benzene rings is 2. The Morgan fingerprint density at radius 1 is 1.11 bits per heavy atom. The second-order valence-electron chi connectivity index (χ2n) is 6.58. The first kappa shape index (κ1) is 19.9. The molecule has 1 aliphatic heterocycles. The summed E-state index contributed by atoms with van der Waals surface area (Å²) in [5.41, 5.74) is 0.880. The third-order valence-corrected chi connectivity index (χ3v) is 5.89. The van der Waals surface area contributed by atoms with Crippen LogP contribution in [0.4, 0.5) is 4.39 Å². The molecule has 1 aliphatic rings. The van der Waals surface area contributed by atoms with E-state index in [9.17, 15) is 9.18 Å². The Balaban J connectivity index is 1.58. The smallest absolute Gasteiger partial charge is 0.237 e. The molecule has 1 unspecified atom stereocenters. The maximum Gasteiger partial charge on any atom is 0.237 e. The molecular weight excluding hydrogens is 361 g/mol. The van der Waals surface area contributed by atoms with Crippen LogP contribution in [-0.2, 0) is 4.79 Å².